The van der Waals surface area contributed by atoms with Gasteiger partial charge in [0.15, 0.2) is 6.54 Å². The van der Waals surface area contributed by atoms with Gasteiger partial charge in [0.2, 0.25) is 0 Å². The number of amides is 1. The van der Waals surface area contributed by atoms with Crippen molar-refractivity contribution in [2.45, 2.75) is 38.1 Å². The fraction of sp³-hybridized carbons (Fsp3) is 0.833. The van der Waals surface area contributed by atoms with Gasteiger partial charge in [-0.05, 0) is 32.1 Å². The Bertz CT molecular complexity index is 300. The third-order valence-corrected chi connectivity index (χ3v) is 3.81. The van der Waals surface area contributed by atoms with Gasteiger partial charge in [0.1, 0.15) is 0 Å². The highest BCUT2D eigenvalue weighted by Crippen LogP contribution is 2.16. The maximum atomic E-state index is 12.0. The summed E-state index contributed by atoms with van der Waals surface area (Å²) >= 11 is 0. The van der Waals surface area contributed by atoms with E-state index >= 15 is 0 Å². The Morgan fingerprint density at radius 3 is 2.53 bits per heavy atom. The van der Waals surface area contributed by atoms with E-state index in [0.717, 1.165) is 19.5 Å². The van der Waals surface area contributed by atoms with Crippen molar-refractivity contribution < 1.29 is 19.6 Å². The number of aliphatic carboxylic acids is 1. The monoisotopic (exact) mass is 240 g/mol. The summed E-state index contributed by atoms with van der Waals surface area (Å²) in [6.45, 7) is 3.10. The molecule has 2 fully saturated rings. The maximum Gasteiger partial charge on any atom is 0.278 e. The first-order valence-electron chi connectivity index (χ1n) is 6.52. The smallest absolute Gasteiger partial charge is 0.278 e. The minimum Gasteiger partial charge on any atom is -0.548 e. The van der Waals surface area contributed by atoms with Gasteiger partial charge in [0, 0.05) is 6.54 Å². The van der Waals surface area contributed by atoms with Crippen molar-refractivity contribution in [3.63, 3.8) is 0 Å². The Kier molecular flexibility index (Phi) is 3.99. The minimum atomic E-state index is -1.11. The number of hydrogen-bond donors (Lipinski definition) is 1. The molecule has 0 aliphatic carbocycles. The number of carboxylic acid groups (broad SMARTS) is 1. The molecule has 0 radical (unpaired) electrons. The average Bonchev–Trinajstić information content (AvgIpc) is 2.79. The zero-order valence-corrected chi connectivity index (χ0v) is 10.1. The van der Waals surface area contributed by atoms with E-state index in [2.05, 4.69) is 0 Å². The number of likely N-dealkylation sites (tertiary alicyclic amines) is 2. The molecule has 0 aromatic heterocycles. The molecule has 0 bridgehead atoms. The fourth-order valence-corrected chi connectivity index (χ4v) is 2.85. The van der Waals surface area contributed by atoms with Crippen LogP contribution in [-0.2, 0) is 9.59 Å². The van der Waals surface area contributed by atoms with E-state index in [1.54, 1.807) is 0 Å². The van der Waals surface area contributed by atoms with E-state index in [0.29, 0.717) is 19.5 Å². The van der Waals surface area contributed by atoms with E-state index in [4.69, 9.17) is 0 Å². The van der Waals surface area contributed by atoms with Crippen LogP contribution in [0, 0.1) is 0 Å². The van der Waals surface area contributed by atoms with E-state index in [1.165, 1.54) is 29.1 Å². The van der Waals surface area contributed by atoms with Crippen molar-refractivity contribution in [1.82, 2.24) is 4.90 Å². The Morgan fingerprint density at radius 1 is 1.18 bits per heavy atom. The number of rotatable bonds is 3. The third kappa shape index (κ3) is 2.97. The average molecular weight is 240 g/mol. The molecular formula is C12H20N2O3. The summed E-state index contributed by atoms with van der Waals surface area (Å²) < 4.78 is 0. The summed E-state index contributed by atoms with van der Waals surface area (Å²) in [6, 6.07) is -0.688. The predicted octanol–water partition coefficient (Wildman–Crippen LogP) is -2.20. The molecule has 5 heteroatoms. The molecule has 5 nitrogen and oxygen atoms in total. The topological polar surface area (TPSA) is 64.9 Å². The lowest BCUT2D eigenvalue weighted by Gasteiger charge is -2.28. The number of carbonyl (C=O) groups excluding carboxylic acids is 2. The number of hydrogen-bond acceptors (Lipinski definition) is 3. The van der Waals surface area contributed by atoms with Crippen LogP contribution in [0.15, 0.2) is 0 Å². The number of carbonyl (C=O) groups is 2. The van der Waals surface area contributed by atoms with Crippen LogP contribution in [-0.4, -0.2) is 49.0 Å². The van der Waals surface area contributed by atoms with Crippen molar-refractivity contribution >= 4 is 11.9 Å². The first-order chi connectivity index (χ1) is 8.18. The molecule has 17 heavy (non-hydrogen) atoms. The van der Waals surface area contributed by atoms with Crippen LogP contribution in [0.25, 0.3) is 0 Å². The van der Waals surface area contributed by atoms with E-state index in [-0.39, 0.29) is 5.91 Å². The first kappa shape index (κ1) is 12.4. The SMILES string of the molecule is O=C([O-])[C@@H]1CCCN1C(=O)C[NH+]1CCCCC1. The second kappa shape index (κ2) is 5.49. The number of quaternary nitrogens is 1. The molecule has 1 N–H and O–H groups in total. The van der Waals surface area contributed by atoms with Gasteiger partial charge < -0.3 is 19.7 Å². The number of nitrogens with zero attached hydrogens (tertiary/aromatic N) is 1. The van der Waals surface area contributed by atoms with Crippen LogP contribution in [0.2, 0.25) is 0 Å². The number of nitrogens with one attached hydrogen (secondary N) is 1. The lowest BCUT2D eigenvalue weighted by Crippen LogP contribution is -3.14. The van der Waals surface area contributed by atoms with Crippen LogP contribution in [0.4, 0.5) is 0 Å². The highest BCUT2D eigenvalue weighted by Gasteiger charge is 2.31. The Balaban J connectivity index is 1.88. The zero-order chi connectivity index (χ0) is 12.3. The van der Waals surface area contributed by atoms with Crippen LogP contribution in [0.3, 0.4) is 0 Å². The Morgan fingerprint density at radius 2 is 1.88 bits per heavy atom. The van der Waals surface area contributed by atoms with Crippen LogP contribution >= 0.6 is 0 Å². The molecule has 0 unspecified atom stereocenters. The van der Waals surface area contributed by atoms with Gasteiger partial charge in [-0.1, -0.05) is 0 Å². The second-order valence-electron chi connectivity index (χ2n) is 5.05. The molecule has 1 amide bonds. The van der Waals surface area contributed by atoms with Crippen LogP contribution < -0.4 is 10.0 Å². The predicted molar refractivity (Wildman–Crippen MR) is 59.2 cm³/mol. The van der Waals surface area contributed by atoms with E-state index < -0.39 is 12.0 Å². The Labute approximate surface area is 101 Å². The number of piperidine rings is 1. The first-order valence-corrected chi connectivity index (χ1v) is 6.52. The molecule has 2 rings (SSSR count). The summed E-state index contributed by atoms with van der Waals surface area (Å²) in [6.07, 6.45) is 4.92. The summed E-state index contributed by atoms with van der Waals surface area (Å²) in [7, 11) is 0. The standard InChI is InChI=1S/C12H20N2O3/c15-11(9-13-6-2-1-3-7-13)14-8-4-5-10(14)12(16)17/h10H,1-9H2,(H,16,17)/t10-/m0/s1. The molecule has 0 aromatic rings. The fourth-order valence-electron chi connectivity index (χ4n) is 2.85. The minimum absolute atomic E-state index is 0.0198. The molecule has 0 saturated carbocycles. The van der Waals surface area contributed by atoms with Gasteiger partial charge >= 0.3 is 0 Å². The van der Waals surface area contributed by atoms with E-state index in [1.807, 2.05) is 0 Å². The molecule has 0 aromatic carbocycles. The van der Waals surface area contributed by atoms with Gasteiger partial charge in [0.25, 0.3) is 5.91 Å². The van der Waals surface area contributed by atoms with E-state index in [9.17, 15) is 14.7 Å². The highest BCUT2D eigenvalue weighted by molar-refractivity contribution is 5.84. The molecular weight excluding hydrogens is 220 g/mol. The van der Waals surface area contributed by atoms with Gasteiger partial charge in [-0.2, -0.15) is 0 Å². The van der Waals surface area contributed by atoms with Crippen molar-refractivity contribution in [3.05, 3.63) is 0 Å². The number of carboxylic acids is 1. The van der Waals surface area contributed by atoms with Gasteiger partial charge in [-0.3, -0.25) is 4.79 Å². The van der Waals surface area contributed by atoms with Crippen molar-refractivity contribution in [3.8, 4) is 0 Å². The van der Waals surface area contributed by atoms with Crippen molar-refractivity contribution in [2.24, 2.45) is 0 Å². The lowest BCUT2D eigenvalue weighted by atomic mass is 10.1. The molecule has 2 saturated heterocycles. The summed E-state index contributed by atoms with van der Waals surface area (Å²) in [5.41, 5.74) is 0. The molecule has 96 valence electrons. The summed E-state index contributed by atoms with van der Waals surface area (Å²) in [4.78, 5) is 25.7. The zero-order valence-electron chi connectivity index (χ0n) is 10.1. The molecule has 2 heterocycles. The molecule has 1 atom stereocenters. The summed E-state index contributed by atoms with van der Waals surface area (Å²) in [5, 5.41) is 10.9. The lowest BCUT2D eigenvalue weighted by molar-refractivity contribution is -0.897. The van der Waals surface area contributed by atoms with Crippen molar-refractivity contribution in [2.75, 3.05) is 26.2 Å². The molecule has 0 spiro atoms. The molecule has 2 aliphatic rings. The van der Waals surface area contributed by atoms with Crippen molar-refractivity contribution in [1.29, 1.82) is 0 Å². The second-order valence-corrected chi connectivity index (χ2v) is 5.05. The summed E-state index contributed by atoms with van der Waals surface area (Å²) in [5.74, 6) is -1.13. The quantitative estimate of drug-likeness (QED) is 0.609. The van der Waals surface area contributed by atoms with Crippen LogP contribution in [0.1, 0.15) is 32.1 Å². The molecule has 2 aliphatic heterocycles. The van der Waals surface area contributed by atoms with Gasteiger partial charge in [0.05, 0.1) is 25.1 Å². The van der Waals surface area contributed by atoms with Crippen LogP contribution in [0.5, 0.6) is 0 Å². The van der Waals surface area contributed by atoms with Gasteiger partial charge in [-0.15, -0.1) is 0 Å². The van der Waals surface area contributed by atoms with Gasteiger partial charge in [-0.25, -0.2) is 0 Å². The maximum absolute atomic E-state index is 12.0. The third-order valence-electron chi connectivity index (χ3n) is 3.81. The largest absolute Gasteiger partial charge is 0.548 e. The normalized spacial score (nSPS) is 26.1. The Hall–Kier alpha value is -1.10. The highest BCUT2D eigenvalue weighted by atomic mass is 16.4.